The minimum absolute atomic E-state index is 0. The molecule has 0 amide bonds. The standard InChI is InChI=1S/C16H22N4O.ClH/c1-12-10-20(8-7-17-12)11-14-9-18-19-16(14)13-3-5-15(21-2)6-4-13;/h3-6,9,12,17H,7-8,10-11H2,1-2H3,(H,18,19);1H. The number of nitrogens with zero attached hydrogens (tertiary/aromatic N) is 2. The fourth-order valence-electron chi connectivity index (χ4n) is 2.84. The summed E-state index contributed by atoms with van der Waals surface area (Å²) in [5.74, 6) is 0.871. The summed E-state index contributed by atoms with van der Waals surface area (Å²) in [7, 11) is 1.68. The van der Waals surface area contributed by atoms with E-state index in [1.165, 1.54) is 5.56 Å². The third kappa shape index (κ3) is 3.80. The fraction of sp³-hybridized carbons (Fsp3) is 0.438. The number of H-pyrrole nitrogens is 1. The van der Waals surface area contributed by atoms with Crippen molar-refractivity contribution in [2.45, 2.75) is 19.5 Å². The molecular weight excluding hydrogens is 300 g/mol. The van der Waals surface area contributed by atoms with Gasteiger partial charge < -0.3 is 10.1 Å². The average Bonchev–Trinajstić information content (AvgIpc) is 2.95. The van der Waals surface area contributed by atoms with Gasteiger partial charge in [-0.25, -0.2) is 0 Å². The summed E-state index contributed by atoms with van der Waals surface area (Å²) in [6.07, 6.45) is 1.94. The van der Waals surface area contributed by atoms with Crippen molar-refractivity contribution in [3.05, 3.63) is 36.0 Å². The molecule has 1 fully saturated rings. The molecule has 0 radical (unpaired) electrons. The molecule has 2 aromatic rings. The molecule has 22 heavy (non-hydrogen) atoms. The van der Waals surface area contributed by atoms with E-state index >= 15 is 0 Å². The van der Waals surface area contributed by atoms with Crippen LogP contribution in [0.3, 0.4) is 0 Å². The number of aromatic amines is 1. The molecule has 0 bridgehead atoms. The van der Waals surface area contributed by atoms with Gasteiger partial charge >= 0.3 is 0 Å². The Labute approximate surface area is 137 Å². The summed E-state index contributed by atoms with van der Waals surface area (Å²) in [6.45, 7) is 6.37. The van der Waals surface area contributed by atoms with E-state index in [2.05, 4.69) is 39.5 Å². The van der Waals surface area contributed by atoms with Gasteiger partial charge in [0.25, 0.3) is 0 Å². The molecule has 5 nitrogen and oxygen atoms in total. The summed E-state index contributed by atoms with van der Waals surface area (Å²) >= 11 is 0. The van der Waals surface area contributed by atoms with E-state index in [9.17, 15) is 0 Å². The topological polar surface area (TPSA) is 53.2 Å². The largest absolute Gasteiger partial charge is 0.497 e. The Morgan fingerprint density at radius 3 is 2.77 bits per heavy atom. The lowest BCUT2D eigenvalue weighted by atomic mass is 10.1. The molecule has 6 heteroatoms. The minimum atomic E-state index is 0. The molecular formula is C16H23ClN4O. The molecule has 0 saturated carbocycles. The number of methoxy groups -OCH3 is 1. The van der Waals surface area contributed by atoms with Crippen LogP contribution >= 0.6 is 12.4 Å². The molecule has 1 unspecified atom stereocenters. The van der Waals surface area contributed by atoms with E-state index in [1.54, 1.807) is 7.11 Å². The Balaban J connectivity index is 0.00000176. The van der Waals surface area contributed by atoms with Crippen LogP contribution < -0.4 is 10.1 Å². The van der Waals surface area contributed by atoms with E-state index in [4.69, 9.17) is 4.74 Å². The maximum atomic E-state index is 5.21. The highest BCUT2D eigenvalue weighted by Gasteiger charge is 2.18. The summed E-state index contributed by atoms with van der Waals surface area (Å²) in [5, 5.41) is 10.8. The zero-order valence-electron chi connectivity index (χ0n) is 13.0. The summed E-state index contributed by atoms with van der Waals surface area (Å²) < 4.78 is 5.21. The van der Waals surface area contributed by atoms with Crippen molar-refractivity contribution in [1.29, 1.82) is 0 Å². The van der Waals surface area contributed by atoms with Crippen LogP contribution in [0.1, 0.15) is 12.5 Å². The second-order valence-electron chi connectivity index (χ2n) is 5.59. The zero-order valence-corrected chi connectivity index (χ0v) is 13.8. The molecule has 1 aromatic carbocycles. The molecule has 1 saturated heterocycles. The number of aromatic nitrogens is 2. The first-order chi connectivity index (χ1) is 10.3. The Bertz CT molecular complexity index is 584. The van der Waals surface area contributed by atoms with Gasteiger partial charge in [-0.3, -0.25) is 10.00 Å². The zero-order chi connectivity index (χ0) is 14.7. The molecule has 2 heterocycles. The summed E-state index contributed by atoms with van der Waals surface area (Å²) in [6, 6.07) is 8.64. The first kappa shape index (κ1) is 16.8. The number of rotatable bonds is 4. The molecule has 0 spiro atoms. The maximum absolute atomic E-state index is 5.21. The SMILES string of the molecule is COc1ccc(-c2[nH]ncc2CN2CCNC(C)C2)cc1.Cl. The van der Waals surface area contributed by atoms with E-state index in [1.807, 2.05) is 18.3 Å². The van der Waals surface area contributed by atoms with Gasteiger partial charge in [-0.05, 0) is 31.2 Å². The number of piperazine rings is 1. The van der Waals surface area contributed by atoms with Crippen LogP contribution in [0, 0.1) is 0 Å². The number of ether oxygens (including phenoxy) is 1. The highest BCUT2D eigenvalue weighted by Crippen LogP contribution is 2.24. The first-order valence-electron chi connectivity index (χ1n) is 7.38. The van der Waals surface area contributed by atoms with Crippen LogP contribution in [0.2, 0.25) is 0 Å². The normalized spacial score (nSPS) is 18.7. The van der Waals surface area contributed by atoms with E-state index in [0.717, 1.165) is 43.2 Å². The van der Waals surface area contributed by atoms with Crippen LogP contribution in [-0.2, 0) is 6.54 Å². The molecule has 3 rings (SSSR count). The second kappa shape index (κ2) is 7.63. The lowest BCUT2D eigenvalue weighted by Gasteiger charge is -2.31. The Kier molecular flexibility index (Phi) is 5.83. The Morgan fingerprint density at radius 2 is 2.09 bits per heavy atom. The smallest absolute Gasteiger partial charge is 0.118 e. The summed E-state index contributed by atoms with van der Waals surface area (Å²) in [5.41, 5.74) is 3.49. The predicted octanol–water partition coefficient (Wildman–Crippen LogP) is 2.30. The monoisotopic (exact) mass is 322 g/mol. The fourth-order valence-corrected chi connectivity index (χ4v) is 2.84. The maximum Gasteiger partial charge on any atom is 0.118 e. The Morgan fingerprint density at radius 1 is 1.32 bits per heavy atom. The average molecular weight is 323 g/mol. The lowest BCUT2D eigenvalue weighted by molar-refractivity contribution is 0.200. The van der Waals surface area contributed by atoms with Crippen molar-refractivity contribution in [2.75, 3.05) is 26.7 Å². The van der Waals surface area contributed by atoms with Crippen molar-refractivity contribution in [3.63, 3.8) is 0 Å². The van der Waals surface area contributed by atoms with Crippen molar-refractivity contribution in [3.8, 4) is 17.0 Å². The number of nitrogens with one attached hydrogen (secondary N) is 2. The van der Waals surface area contributed by atoms with E-state index in [-0.39, 0.29) is 12.4 Å². The highest BCUT2D eigenvalue weighted by molar-refractivity contribution is 5.85. The van der Waals surface area contributed by atoms with Crippen LogP contribution in [0.5, 0.6) is 5.75 Å². The van der Waals surface area contributed by atoms with Crippen LogP contribution in [0.25, 0.3) is 11.3 Å². The van der Waals surface area contributed by atoms with Crippen molar-refractivity contribution < 1.29 is 4.74 Å². The van der Waals surface area contributed by atoms with Crippen LogP contribution in [-0.4, -0.2) is 47.9 Å². The molecule has 1 aliphatic rings. The van der Waals surface area contributed by atoms with Crippen LogP contribution in [0.4, 0.5) is 0 Å². The third-order valence-corrected chi connectivity index (χ3v) is 3.94. The lowest BCUT2D eigenvalue weighted by Crippen LogP contribution is -2.48. The number of hydrogen-bond acceptors (Lipinski definition) is 4. The van der Waals surface area contributed by atoms with Gasteiger partial charge in [0.2, 0.25) is 0 Å². The van der Waals surface area contributed by atoms with E-state index < -0.39 is 0 Å². The molecule has 1 aliphatic heterocycles. The quantitative estimate of drug-likeness (QED) is 0.907. The van der Waals surface area contributed by atoms with Gasteiger partial charge in [-0.2, -0.15) is 5.10 Å². The number of hydrogen-bond donors (Lipinski definition) is 2. The molecule has 2 N–H and O–H groups in total. The molecule has 1 atom stereocenters. The van der Waals surface area contributed by atoms with Crippen molar-refractivity contribution >= 4 is 12.4 Å². The third-order valence-electron chi connectivity index (χ3n) is 3.94. The predicted molar refractivity (Wildman–Crippen MR) is 90.6 cm³/mol. The van der Waals surface area contributed by atoms with Gasteiger partial charge in [0.1, 0.15) is 5.75 Å². The second-order valence-corrected chi connectivity index (χ2v) is 5.59. The van der Waals surface area contributed by atoms with Gasteiger partial charge in [0, 0.05) is 43.3 Å². The molecule has 0 aliphatic carbocycles. The highest BCUT2D eigenvalue weighted by atomic mass is 35.5. The first-order valence-corrected chi connectivity index (χ1v) is 7.38. The van der Waals surface area contributed by atoms with Gasteiger partial charge in [-0.1, -0.05) is 0 Å². The van der Waals surface area contributed by atoms with Gasteiger partial charge in [0.15, 0.2) is 0 Å². The molecule has 1 aromatic heterocycles. The minimum Gasteiger partial charge on any atom is -0.497 e. The van der Waals surface area contributed by atoms with Crippen molar-refractivity contribution in [2.24, 2.45) is 0 Å². The summed E-state index contributed by atoms with van der Waals surface area (Å²) in [4.78, 5) is 2.47. The number of halogens is 1. The van der Waals surface area contributed by atoms with Gasteiger partial charge in [0.05, 0.1) is 19.0 Å². The molecule has 120 valence electrons. The van der Waals surface area contributed by atoms with Crippen LogP contribution in [0.15, 0.2) is 30.5 Å². The van der Waals surface area contributed by atoms with Crippen molar-refractivity contribution in [1.82, 2.24) is 20.4 Å². The Hall–Kier alpha value is -1.56. The van der Waals surface area contributed by atoms with Gasteiger partial charge in [-0.15, -0.1) is 12.4 Å². The number of benzene rings is 1. The van der Waals surface area contributed by atoms with E-state index in [0.29, 0.717) is 6.04 Å².